The van der Waals surface area contributed by atoms with Gasteiger partial charge in [0.15, 0.2) is 0 Å². The van der Waals surface area contributed by atoms with Crippen molar-refractivity contribution in [3.8, 4) is 0 Å². The van der Waals surface area contributed by atoms with Crippen molar-refractivity contribution in [1.29, 1.82) is 0 Å². The summed E-state index contributed by atoms with van der Waals surface area (Å²) in [4.78, 5) is 11.9. The number of alkyl halides is 3. The van der Waals surface area contributed by atoms with Crippen LogP contribution in [-0.2, 0) is 10.9 Å². The van der Waals surface area contributed by atoms with Crippen LogP contribution in [0.25, 0.3) is 0 Å². The molecule has 0 aromatic heterocycles. The van der Waals surface area contributed by atoms with Crippen molar-refractivity contribution < 1.29 is 22.7 Å². The number of rotatable bonds is 3. The minimum Gasteiger partial charge on any atom is -0.444 e. The topological polar surface area (TPSA) is 64.3 Å². The zero-order valence-corrected chi connectivity index (χ0v) is 13.3. The number of carbonyl (C=O) groups is 1. The summed E-state index contributed by atoms with van der Waals surface area (Å²) in [7, 11) is 0. The molecular weight excluding hydrogens is 309 g/mol. The fourth-order valence-electron chi connectivity index (χ4n) is 2.47. The summed E-state index contributed by atoms with van der Waals surface area (Å²) in [6.07, 6.45) is -4.44. The van der Waals surface area contributed by atoms with Crippen molar-refractivity contribution in [3.05, 3.63) is 29.3 Å². The summed E-state index contributed by atoms with van der Waals surface area (Å²) in [6, 6.07) is 3.39. The fraction of sp³-hybridized carbons (Fsp3) is 0.562. The highest BCUT2D eigenvalue weighted by atomic mass is 19.4. The molecule has 0 bridgehead atoms. The molecule has 0 saturated heterocycles. The van der Waals surface area contributed by atoms with Crippen molar-refractivity contribution in [3.63, 3.8) is 0 Å². The predicted molar refractivity (Wildman–Crippen MR) is 81.2 cm³/mol. The molecule has 4 nitrogen and oxygen atoms in total. The van der Waals surface area contributed by atoms with Gasteiger partial charge in [0.05, 0.1) is 5.56 Å². The number of hydrogen-bond acceptors (Lipinski definition) is 3. The minimum atomic E-state index is -4.47. The molecule has 1 aliphatic rings. The van der Waals surface area contributed by atoms with Crippen LogP contribution in [0.5, 0.6) is 0 Å². The maximum absolute atomic E-state index is 12.9. The van der Waals surface area contributed by atoms with E-state index >= 15 is 0 Å². The second-order valence-corrected chi connectivity index (χ2v) is 6.76. The standard InChI is InChI=1S/C16H21F3N2O2/c1-15(2,3)23-14(22)21-13-7-10(16(17,18)19)4-5-11(13)12-6-9(12)8-20/h4-5,7,9,12H,6,8,20H2,1-3H3,(H,21,22)/t9-,12+/m0/s1. The molecule has 0 unspecified atom stereocenters. The lowest BCUT2D eigenvalue weighted by Crippen LogP contribution is -2.27. The highest BCUT2D eigenvalue weighted by molar-refractivity contribution is 5.86. The van der Waals surface area contributed by atoms with E-state index in [0.29, 0.717) is 12.1 Å². The van der Waals surface area contributed by atoms with E-state index in [0.717, 1.165) is 18.6 Å². The Balaban J connectivity index is 2.28. The molecule has 1 aliphatic carbocycles. The number of hydrogen-bond donors (Lipinski definition) is 2. The first-order valence-electron chi connectivity index (χ1n) is 7.42. The van der Waals surface area contributed by atoms with Crippen LogP contribution in [0, 0.1) is 5.92 Å². The largest absolute Gasteiger partial charge is 0.444 e. The minimum absolute atomic E-state index is 0.0761. The smallest absolute Gasteiger partial charge is 0.416 e. The molecule has 1 fully saturated rings. The van der Waals surface area contributed by atoms with Gasteiger partial charge in [-0.1, -0.05) is 6.07 Å². The number of carbonyl (C=O) groups excluding carboxylic acids is 1. The number of benzene rings is 1. The second kappa shape index (κ2) is 6.03. The highest BCUT2D eigenvalue weighted by Gasteiger charge is 2.40. The average Bonchev–Trinajstić information content (AvgIpc) is 3.14. The van der Waals surface area contributed by atoms with Crippen LogP contribution in [-0.4, -0.2) is 18.2 Å². The Morgan fingerprint density at radius 3 is 2.48 bits per heavy atom. The Hall–Kier alpha value is -1.76. The van der Waals surface area contributed by atoms with E-state index in [2.05, 4.69) is 5.32 Å². The van der Waals surface area contributed by atoms with Crippen molar-refractivity contribution in [1.82, 2.24) is 0 Å². The summed E-state index contributed by atoms with van der Waals surface area (Å²) in [5, 5.41) is 2.44. The van der Waals surface area contributed by atoms with Crippen LogP contribution in [0.3, 0.4) is 0 Å². The van der Waals surface area contributed by atoms with Crippen LogP contribution in [0.1, 0.15) is 44.2 Å². The third-order valence-corrected chi connectivity index (χ3v) is 3.64. The molecule has 1 saturated carbocycles. The van der Waals surface area contributed by atoms with Crippen LogP contribution in [0.4, 0.5) is 23.7 Å². The van der Waals surface area contributed by atoms with Gasteiger partial charge in [-0.3, -0.25) is 5.32 Å². The van der Waals surface area contributed by atoms with Crippen LogP contribution >= 0.6 is 0 Å². The van der Waals surface area contributed by atoms with Gasteiger partial charge in [-0.25, -0.2) is 4.79 Å². The average molecular weight is 330 g/mol. The Kier molecular flexibility index (Phi) is 4.61. The molecule has 1 amide bonds. The molecule has 128 valence electrons. The van der Waals surface area contributed by atoms with Gasteiger partial charge < -0.3 is 10.5 Å². The van der Waals surface area contributed by atoms with Crippen molar-refractivity contribution in [2.45, 2.75) is 44.9 Å². The molecule has 2 atom stereocenters. The molecule has 7 heteroatoms. The first-order valence-corrected chi connectivity index (χ1v) is 7.42. The zero-order chi connectivity index (χ0) is 17.4. The fourth-order valence-corrected chi connectivity index (χ4v) is 2.47. The van der Waals surface area contributed by atoms with Gasteiger partial charge in [-0.2, -0.15) is 13.2 Å². The first-order chi connectivity index (χ1) is 10.5. The van der Waals surface area contributed by atoms with Gasteiger partial charge in [0.1, 0.15) is 5.60 Å². The monoisotopic (exact) mass is 330 g/mol. The van der Waals surface area contributed by atoms with Crippen LogP contribution in [0.2, 0.25) is 0 Å². The first kappa shape index (κ1) is 17.6. The Morgan fingerprint density at radius 2 is 2.00 bits per heavy atom. The van der Waals surface area contributed by atoms with Crippen molar-refractivity contribution in [2.75, 3.05) is 11.9 Å². The molecule has 1 aromatic rings. The van der Waals surface area contributed by atoms with Crippen molar-refractivity contribution in [2.24, 2.45) is 11.7 Å². The SMILES string of the molecule is CC(C)(C)OC(=O)Nc1cc(C(F)(F)F)ccc1[C@@H]1C[C@H]1CN. The molecule has 3 N–H and O–H groups in total. The van der Waals surface area contributed by atoms with E-state index in [-0.39, 0.29) is 17.5 Å². The summed E-state index contributed by atoms with van der Waals surface area (Å²) in [5.41, 5.74) is 4.86. The molecule has 2 rings (SSSR count). The van der Waals surface area contributed by atoms with Gasteiger partial charge >= 0.3 is 12.3 Å². The normalized spacial score (nSPS) is 21.0. The maximum Gasteiger partial charge on any atom is 0.416 e. The Bertz CT molecular complexity index is 594. The number of nitrogens with two attached hydrogens (primary N) is 1. The van der Waals surface area contributed by atoms with E-state index in [1.54, 1.807) is 20.8 Å². The third-order valence-electron chi connectivity index (χ3n) is 3.64. The molecule has 0 spiro atoms. The number of ether oxygens (including phenoxy) is 1. The lowest BCUT2D eigenvalue weighted by atomic mass is 10.0. The number of amides is 1. The van der Waals surface area contributed by atoms with E-state index in [4.69, 9.17) is 10.5 Å². The predicted octanol–water partition coefficient (Wildman–Crippen LogP) is 4.11. The quantitative estimate of drug-likeness (QED) is 0.876. The summed E-state index contributed by atoms with van der Waals surface area (Å²) in [6.45, 7) is 5.53. The molecule has 23 heavy (non-hydrogen) atoms. The van der Waals surface area contributed by atoms with Gasteiger partial charge in [-0.15, -0.1) is 0 Å². The molecule has 0 radical (unpaired) electrons. The summed E-state index contributed by atoms with van der Waals surface area (Å²) in [5.74, 6) is 0.318. The van der Waals surface area contributed by atoms with E-state index < -0.39 is 23.4 Å². The van der Waals surface area contributed by atoms with Gasteiger partial charge in [0, 0.05) is 5.69 Å². The van der Waals surface area contributed by atoms with Gasteiger partial charge in [0.25, 0.3) is 0 Å². The van der Waals surface area contributed by atoms with E-state index in [1.165, 1.54) is 6.07 Å². The lowest BCUT2D eigenvalue weighted by Gasteiger charge is -2.21. The van der Waals surface area contributed by atoms with E-state index in [1.807, 2.05) is 0 Å². The van der Waals surface area contributed by atoms with Crippen molar-refractivity contribution >= 4 is 11.8 Å². The Morgan fingerprint density at radius 1 is 1.35 bits per heavy atom. The van der Waals surface area contributed by atoms with Gasteiger partial charge in [-0.05, 0) is 63.3 Å². The lowest BCUT2D eigenvalue weighted by molar-refractivity contribution is -0.137. The highest BCUT2D eigenvalue weighted by Crippen LogP contribution is 2.50. The molecule has 1 aromatic carbocycles. The summed E-state index contributed by atoms with van der Waals surface area (Å²) < 4.78 is 43.8. The second-order valence-electron chi connectivity index (χ2n) is 6.76. The number of nitrogens with one attached hydrogen (secondary N) is 1. The zero-order valence-electron chi connectivity index (χ0n) is 13.3. The summed E-state index contributed by atoms with van der Waals surface area (Å²) >= 11 is 0. The maximum atomic E-state index is 12.9. The Labute approximate surface area is 133 Å². The van der Waals surface area contributed by atoms with Crippen LogP contribution < -0.4 is 11.1 Å². The van der Waals surface area contributed by atoms with E-state index in [9.17, 15) is 18.0 Å². The molecule has 0 heterocycles. The molecular formula is C16H21F3N2O2. The van der Waals surface area contributed by atoms with Gasteiger partial charge in [0.2, 0.25) is 0 Å². The third kappa shape index (κ3) is 4.60. The number of anilines is 1. The molecule has 0 aliphatic heterocycles. The van der Waals surface area contributed by atoms with Crippen LogP contribution in [0.15, 0.2) is 18.2 Å². The number of halogens is 3.